The molecule has 1 fully saturated rings. The number of nitrogens with zero attached hydrogens (tertiary/aromatic N) is 7. The number of anilines is 2. The van der Waals surface area contributed by atoms with Gasteiger partial charge in [-0.3, -0.25) is 0 Å². The van der Waals surface area contributed by atoms with Crippen LogP contribution in [0.25, 0.3) is 22.2 Å². The smallest absolute Gasteiger partial charge is 0.213 e. The molecule has 1 aliphatic heterocycles. The number of hydrogen-bond donors (Lipinski definition) is 1. The molecule has 2 aliphatic rings. The summed E-state index contributed by atoms with van der Waals surface area (Å²) in [6.45, 7) is 4.22. The minimum absolute atomic E-state index is 0.167. The van der Waals surface area contributed by atoms with E-state index in [0.29, 0.717) is 29.3 Å². The van der Waals surface area contributed by atoms with E-state index in [1.54, 1.807) is 6.20 Å². The SMILES string of the molecule is CC(n1cc(-c2ccc(OC3CC3)nc2)c2c(N)ncnc21)C1(C)CN(c2ccc(F)cc2F)N=N1. The molecule has 1 aliphatic carbocycles. The second kappa shape index (κ2) is 8.21. The maximum Gasteiger partial charge on any atom is 0.213 e. The van der Waals surface area contributed by atoms with E-state index in [1.807, 2.05) is 36.7 Å². The Balaban J connectivity index is 1.35. The summed E-state index contributed by atoms with van der Waals surface area (Å²) in [7, 11) is 0. The summed E-state index contributed by atoms with van der Waals surface area (Å²) < 4.78 is 35.5. The maximum absolute atomic E-state index is 14.4. The van der Waals surface area contributed by atoms with Crippen LogP contribution in [0.15, 0.2) is 59.4 Å². The van der Waals surface area contributed by atoms with Crippen molar-refractivity contribution in [1.82, 2.24) is 19.5 Å². The number of ether oxygens (including phenoxy) is 1. The Morgan fingerprint density at radius 1 is 1.14 bits per heavy atom. The summed E-state index contributed by atoms with van der Waals surface area (Å²) >= 11 is 0. The molecule has 2 N–H and O–H groups in total. The predicted molar refractivity (Wildman–Crippen MR) is 130 cm³/mol. The standard InChI is InChI=1S/C25H24F2N8O/c1-14(25(2)12-35(33-32-25)20-7-4-16(26)9-19(20)27)34-11-18(22-23(28)30-13-31-24(22)34)15-3-8-21(29-10-15)36-17-5-6-17/h3-4,7-11,13-14,17H,5-6,12H2,1-2H3,(H2,28,30,31). The van der Waals surface area contributed by atoms with Crippen molar-refractivity contribution in [2.24, 2.45) is 10.3 Å². The summed E-state index contributed by atoms with van der Waals surface area (Å²) in [6.07, 6.45) is 7.52. The van der Waals surface area contributed by atoms with E-state index in [1.165, 1.54) is 23.5 Å². The molecule has 4 heterocycles. The first-order chi connectivity index (χ1) is 17.3. The molecule has 0 radical (unpaired) electrons. The molecule has 2 unspecified atom stereocenters. The van der Waals surface area contributed by atoms with Crippen molar-refractivity contribution in [1.29, 1.82) is 0 Å². The first-order valence-corrected chi connectivity index (χ1v) is 11.7. The average molecular weight is 491 g/mol. The van der Waals surface area contributed by atoms with Gasteiger partial charge in [-0.2, -0.15) is 5.11 Å². The van der Waals surface area contributed by atoms with E-state index < -0.39 is 17.2 Å². The first kappa shape index (κ1) is 22.3. The third kappa shape index (κ3) is 3.80. The highest BCUT2D eigenvalue weighted by Crippen LogP contribution is 2.40. The highest BCUT2D eigenvalue weighted by atomic mass is 19.1. The van der Waals surface area contributed by atoms with Gasteiger partial charge in [0.2, 0.25) is 5.88 Å². The predicted octanol–water partition coefficient (Wildman–Crippen LogP) is 5.10. The van der Waals surface area contributed by atoms with Crippen molar-refractivity contribution in [3.05, 3.63) is 60.7 Å². The van der Waals surface area contributed by atoms with Crippen molar-refractivity contribution < 1.29 is 13.5 Å². The Morgan fingerprint density at radius 3 is 2.69 bits per heavy atom. The summed E-state index contributed by atoms with van der Waals surface area (Å²) in [4.78, 5) is 13.2. The summed E-state index contributed by atoms with van der Waals surface area (Å²) in [5.41, 5.74) is 8.06. The minimum atomic E-state index is -0.732. The molecule has 11 heteroatoms. The fourth-order valence-corrected chi connectivity index (χ4v) is 4.45. The maximum atomic E-state index is 14.4. The summed E-state index contributed by atoms with van der Waals surface area (Å²) in [5.74, 6) is -0.391. The number of benzene rings is 1. The van der Waals surface area contributed by atoms with Crippen LogP contribution in [0, 0.1) is 11.6 Å². The van der Waals surface area contributed by atoms with Crippen LogP contribution >= 0.6 is 0 Å². The third-order valence-corrected chi connectivity index (χ3v) is 6.85. The van der Waals surface area contributed by atoms with Crippen LogP contribution in [0.4, 0.5) is 20.3 Å². The van der Waals surface area contributed by atoms with Gasteiger partial charge in [-0.05, 0) is 44.9 Å². The molecule has 2 atom stereocenters. The van der Waals surface area contributed by atoms with Crippen LogP contribution in [0.2, 0.25) is 0 Å². The number of hydrogen-bond acceptors (Lipinski definition) is 8. The van der Waals surface area contributed by atoms with E-state index in [4.69, 9.17) is 10.5 Å². The van der Waals surface area contributed by atoms with E-state index in [0.717, 1.165) is 30.0 Å². The number of rotatable bonds is 6. The van der Waals surface area contributed by atoms with Crippen LogP contribution in [-0.2, 0) is 0 Å². The van der Waals surface area contributed by atoms with Gasteiger partial charge in [0.15, 0.2) is 5.82 Å². The van der Waals surface area contributed by atoms with Gasteiger partial charge in [-0.25, -0.2) is 28.7 Å². The molecule has 3 aromatic heterocycles. The topological polar surface area (TPSA) is 107 Å². The molecule has 0 spiro atoms. The Morgan fingerprint density at radius 2 is 1.97 bits per heavy atom. The highest BCUT2D eigenvalue weighted by molar-refractivity contribution is 6.00. The lowest BCUT2D eigenvalue weighted by atomic mass is 9.94. The zero-order valence-electron chi connectivity index (χ0n) is 19.8. The molecule has 6 rings (SSSR count). The molecule has 36 heavy (non-hydrogen) atoms. The van der Waals surface area contributed by atoms with Crippen LogP contribution in [-0.4, -0.2) is 37.7 Å². The van der Waals surface area contributed by atoms with Gasteiger partial charge in [-0.1, -0.05) is 5.22 Å². The zero-order valence-corrected chi connectivity index (χ0v) is 19.8. The quantitative estimate of drug-likeness (QED) is 0.403. The third-order valence-electron chi connectivity index (χ3n) is 6.85. The Hall–Kier alpha value is -4.15. The lowest BCUT2D eigenvalue weighted by molar-refractivity contribution is 0.291. The second-order valence-electron chi connectivity index (χ2n) is 9.49. The zero-order chi connectivity index (χ0) is 25.0. The molecule has 0 bridgehead atoms. The molecular weight excluding hydrogens is 466 g/mol. The molecule has 4 aromatic rings. The van der Waals surface area contributed by atoms with Crippen molar-refractivity contribution in [3.8, 4) is 17.0 Å². The molecule has 184 valence electrons. The largest absolute Gasteiger partial charge is 0.474 e. The van der Waals surface area contributed by atoms with E-state index >= 15 is 0 Å². The van der Waals surface area contributed by atoms with Crippen molar-refractivity contribution >= 4 is 22.5 Å². The van der Waals surface area contributed by atoms with Crippen molar-refractivity contribution in [3.63, 3.8) is 0 Å². The number of nitrogens with two attached hydrogens (primary N) is 1. The fourth-order valence-electron chi connectivity index (χ4n) is 4.45. The molecule has 0 saturated heterocycles. The Bertz CT molecular complexity index is 1480. The fraction of sp³-hybridized carbons (Fsp3) is 0.320. The van der Waals surface area contributed by atoms with Gasteiger partial charge < -0.3 is 15.0 Å². The van der Waals surface area contributed by atoms with Crippen LogP contribution < -0.4 is 15.5 Å². The minimum Gasteiger partial charge on any atom is -0.474 e. The summed E-state index contributed by atoms with van der Waals surface area (Å²) in [6, 6.07) is 6.95. The van der Waals surface area contributed by atoms with Crippen LogP contribution in [0.3, 0.4) is 0 Å². The van der Waals surface area contributed by atoms with Crippen LogP contribution in [0.1, 0.15) is 32.7 Å². The number of halogens is 2. The van der Waals surface area contributed by atoms with Crippen molar-refractivity contribution in [2.75, 3.05) is 17.3 Å². The van der Waals surface area contributed by atoms with Gasteiger partial charge >= 0.3 is 0 Å². The van der Waals surface area contributed by atoms with E-state index in [-0.39, 0.29) is 17.8 Å². The molecule has 9 nitrogen and oxygen atoms in total. The molecule has 0 amide bonds. The van der Waals surface area contributed by atoms with Gasteiger partial charge in [0.05, 0.1) is 23.7 Å². The lowest BCUT2D eigenvalue weighted by Crippen LogP contribution is -2.38. The normalized spacial score (nSPS) is 20.3. The Kier molecular flexibility index (Phi) is 5.09. The number of pyridine rings is 1. The van der Waals surface area contributed by atoms with Gasteiger partial charge in [0, 0.05) is 35.7 Å². The molecule has 1 saturated carbocycles. The monoisotopic (exact) mass is 490 g/mol. The molecular formula is C25H24F2N8O. The van der Waals surface area contributed by atoms with Gasteiger partial charge in [0.1, 0.15) is 35.3 Å². The second-order valence-corrected chi connectivity index (χ2v) is 9.49. The lowest BCUT2D eigenvalue weighted by Gasteiger charge is -2.29. The van der Waals surface area contributed by atoms with E-state index in [2.05, 4.69) is 25.3 Å². The average Bonchev–Trinajstić information content (AvgIpc) is 3.45. The highest BCUT2D eigenvalue weighted by Gasteiger charge is 2.41. The van der Waals surface area contributed by atoms with Crippen molar-refractivity contribution in [2.45, 2.75) is 44.4 Å². The Labute approximate surface area is 205 Å². The van der Waals surface area contributed by atoms with Crippen LogP contribution in [0.5, 0.6) is 5.88 Å². The molecule has 1 aromatic carbocycles. The number of fused-ring (bicyclic) bond motifs is 1. The van der Waals surface area contributed by atoms with Gasteiger partial charge in [0.25, 0.3) is 0 Å². The van der Waals surface area contributed by atoms with Gasteiger partial charge in [-0.15, -0.1) is 0 Å². The first-order valence-electron chi connectivity index (χ1n) is 11.7. The number of nitrogen functional groups attached to an aromatic ring is 1. The summed E-state index contributed by atoms with van der Waals surface area (Å²) in [5, 5.41) is 10.8. The van der Waals surface area contributed by atoms with E-state index in [9.17, 15) is 8.78 Å². The number of aromatic nitrogens is 4.